The quantitative estimate of drug-likeness (QED) is 0.752. The second-order valence-corrected chi connectivity index (χ2v) is 4.44. The molecule has 0 aromatic heterocycles. The molecule has 0 aromatic carbocycles. The second-order valence-electron chi connectivity index (χ2n) is 4.44. The van der Waals surface area contributed by atoms with Crippen LogP contribution in [0.25, 0.3) is 0 Å². The fraction of sp³-hybridized carbons (Fsp3) is 1.00. The van der Waals surface area contributed by atoms with Gasteiger partial charge in [-0.1, -0.05) is 13.3 Å². The molecular formula is C11H20O4. The first-order chi connectivity index (χ1) is 7.22. The highest BCUT2D eigenvalue weighted by molar-refractivity contribution is 4.95. The summed E-state index contributed by atoms with van der Waals surface area (Å²) in [5.74, 6) is 0. The van der Waals surface area contributed by atoms with Crippen molar-refractivity contribution >= 4 is 0 Å². The Hall–Kier alpha value is -0.160. The van der Waals surface area contributed by atoms with Crippen LogP contribution >= 0.6 is 0 Å². The van der Waals surface area contributed by atoms with E-state index in [1.165, 1.54) is 0 Å². The number of fused-ring (bicyclic) bond motifs is 1. The third kappa shape index (κ3) is 2.33. The standard InChI is InChI=1S/C11H20O4/c1-3-4-7(2)15-9-6-14-10-8(12)5-13-11(9)10/h7-12H,3-6H2,1-2H3/t7?,8-,9+,10-,11-/m1/s1. The van der Waals surface area contributed by atoms with Crippen LogP contribution in [0.1, 0.15) is 26.7 Å². The number of aliphatic hydroxyl groups excluding tert-OH is 1. The van der Waals surface area contributed by atoms with Gasteiger partial charge in [-0.15, -0.1) is 0 Å². The Labute approximate surface area is 90.5 Å². The number of rotatable bonds is 4. The van der Waals surface area contributed by atoms with Crippen LogP contribution in [0.3, 0.4) is 0 Å². The van der Waals surface area contributed by atoms with Gasteiger partial charge in [-0.3, -0.25) is 0 Å². The zero-order valence-electron chi connectivity index (χ0n) is 9.39. The van der Waals surface area contributed by atoms with Gasteiger partial charge >= 0.3 is 0 Å². The van der Waals surface area contributed by atoms with Gasteiger partial charge in [0, 0.05) is 0 Å². The number of ether oxygens (including phenoxy) is 3. The van der Waals surface area contributed by atoms with Crippen molar-refractivity contribution in [3.63, 3.8) is 0 Å². The summed E-state index contributed by atoms with van der Waals surface area (Å²) in [7, 11) is 0. The van der Waals surface area contributed by atoms with Crippen molar-refractivity contribution in [2.45, 2.75) is 57.2 Å². The maximum absolute atomic E-state index is 9.55. The minimum atomic E-state index is -0.481. The minimum absolute atomic E-state index is 0.00583. The van der Waals surface area contributed by atoms with E-state index >= 15 is 0 Å². The van der Waals surface area contributed by atoms with Crippen LogP contribution in [0.2, 0.25) is 0 Å². The summed E-state index contributed by atoms with van der Waals surface area (Å²) < 4.78 is 16.8. The summed E-state index contributed by atoms with van der Waals surface area (Å²) in [6, 6.07) is 0. The lowest BCUT2D eigenvalue weighted by Gasteiger charge is -2.21. The minimum Gasteiger partial charge on any atom is -0.388 e. The predicted octanol–water partition coefficient (Wildman–Crippen LogP) is 0.719. The fourth-order valence-corrected chi connectivity index (χ4v) is 2.33. The Morgan fingerprint density at radius 3 is 2.80 bits per heavy atom. The van der Waals surface area contributed by atoms with E-state index < -0.39 is 6.10 Å². The molecule has 5 atom stereocenters. The lowest BCUT2D eigenvalue weighted by Crippen LogP contribution is -2.34. The molecule has 2 aliphatic heterocycles. The predicted molar refractivity (Wildman–Crippen MR) is 54.7 cm³/mol. The Morgan fingerprint density at radius 1 is 1.33 bits per heavy atom. The van der Waals surface area contributed by atoms with Crippen molar-refractivity contribution in [1.82, 2.24) is 0 Å². The number of aliphatic hydroxyl groups is 1. The molecule has 2 fully saturated rings. The van der Waals surface area contributed by atoms with Gasteiger partial charge in [-0.2, -0.15) is 0 Å². The van der Waals surface area contributed by atoms with Crippen molar-refractivity contribution in [3.8, 4) is 0 Å². The fourth-order valence-electron chi connectivity index (χ4n) is 2.33. The third-order valence-electron chi connectivity index (χ3n) is 3.08. The van der Waals surface area contributed by atoms with E-state index in [1.54, 1.807) is 0 Å². The van der Waals surface area contributed by atoms with Crippen LogP contribution in [0.15, 0.2) is 0 Å². The highest BCUT2D eigenvalue weighted by Crippen LogP contribution is 2.29. The van der Waals surface area contributed by atoms with Crippen LogP contribution in [-0.4, -0.2) is 48.8 Å². The number of hydrogen-bond donors (Lipinski definition) is 1. The molecule has 1 N–H and O–H groups in total. The van der Waals surface area contributed by atoms with E-state index in [0.717, 1.165) is 12.8 Å². The molecule has 0 spiro atoms. The average Bonchev–Trinajstić information content (AvgIpc) is 2.72. The van der Waals surface area contributed by atoms with E-state index in [-0.39, 0.29) is 24.4 Å². The van der Waals surface area contributed by atoms with Crippen LogP contribution in [-0.2, 0) is 14.2 Å². The molecule has 2 heterocycles. The van der Waals surface area contributed by atoms with E-state index in [0.29, 0.717) is 13.2 Å². The van der Waals surface area contributed by atoms with Crippen LogP contribution in [0.5, 0.6) is 0 Å². The van der Waals surface area contributed by atoms with E-state index in [4.69, 9.17) is 14.2 Å². The molecular weight excluding hydrogens is 196 g/mol. The molecule has 2 rings (SSSR count). The molecule has 0 amide bonds. The largest absolute Gasteiger partial charge is 0.388 e. The van der Waals surface area contributed by atoms with Gasteiger partial charge in [0.05, 0.1) is 19.3 Å². The molecule has 0 aliphatic carbocycles. The van der Waals surface area contributed by atoms with E-state index in [9.17, 15) is 5.11 Å². The summed E-state index contributed by atoms with van der Waals surface area (Å²) in [4.78, 5) is 0. The van der Waals surface area contributed by atoms with Gasteiger partial charge in [0.2, 0.25) is 0 Å². The van der Waals surface area contributed by atoms with Crippen LogP contribution < -0.4 is 0 Å². The Kier molecular flexibility index (Phi) is 3.61. The summed E-state index contributed by atoms with van der Waals surface area (Å²) in [5.41, 5.74) is 0. The molecule has 4 heteroatoms. The summed E-state index contributed by atoms with van der Waals surface area (Å²) >= 11 is 0. The normalized spacial score (nSPS) is 41.8. The smallest absolute Gasteiger partial charge is 0.115 e. The van der Waals surface area contributed by atoms with E-state index in [2.05, 4.69) is 13.8 Å². The summed E-state index contributed by atoms with van der Waals surface area (Å²) in [6.45, 7) is 5.13. The van der Waals surface area contributed by atoms with Gasteiger partial charge in [0.25, 0.3) is 0 Å². The van der Waals surface area contributed by atoms with Crippen molar-refractivity contribution in [2.24, 2.45) is 0 Å². The molecule has 15 heavy (non-hydrogen) atoms. The SMILES string of the molecule is CCCC(C)O[C@H]1CO[C@H]2[C@@H]1OC[C@H]2O. The number of hydrogen-bond acceptors (Lipinski definition) is 4. The van der Waals surface area contributed by atoms with Crippen molar-refractivity contribution < 1.29 is 19.3 Å². The molecule has 0 bridgehead atoms. The first-order valence-corrected chi connectivity index (χ1v) is 5.79. The van der Waals surface area contributed by atoms with Crippen molar-refractivity contribution in [3.05, 3.63) is 0 Å². The first kappa shape index (κ1) is 11.3. The van der Waals surface area contributed by atoms with Crippen molar-refractivity contribution in [2.75, 3.05) is 13.2 Å². The molecule has 4 nitrogen and oxygen atoms in total. The molecule has 0 aromatic rings. The molecule has 2 aliphatic rings. The lowest BCUT2D eigenvalue weighted by molar-refractivity contribution is -0.0685. The van der Waals surface area contributed by atoms with Gasteiger partial charge < -0.3 is 19.3 Å². The molecule has 2 saturated heterocycles. The van der Waals surface area contributed by atoms with Crippen LogP contribution in [0, 0.1) is 0 Å². The average molecular weight is 216 g/mol. The monoisotopic (exact) mass is 216 g/mol. The third-order valence-corrected chi connectivity index (χ3v) is 3.08. The molecule has 1 unspecified atom stereocenters. The van der Waals surface area contributed by atoms with Gasteiger partial charge in [-0.05, 0) is 13.3 Å². The molecule has 88 valence electrons. The van der Waals surface area contributed by atoms with Gasteiger partial charge in [0.1, 0.15) is 24.4 Å². The zero-order valence-corrected chi connectivity index (χ0v) is 9.39. The maximum Gasteiger partial charge on any atom is 0.115 e. The topological polar surface area (TPSA) is 47.9 Å². The zero-order chi connectivity index (χ0) is 10.8. The second kappa shape index (κ2) is 4.78. The Morgan fingerprint density at radius 2 is 2.07 bits per heavy atom. The summed E-state index contributed by atoms with van der Waals surface area (Å²) in [6.07, 6.45) is 1.67. The molecule has 0 saturated carbocycles. The Bertz CT molecular complexity index is 209. The van der Waals surface area contributed by atoms with E-state index in [1.807, 2.05) is 0 Å². The van der Waals surface area contributed by atoms with Crippen molar-refractivity contribution in [1.29, 1.82) is 0 Å². The summed E-state index contributed by atoms with van der Waals surface area (Å²) in [5, 5.41) is 9.55. The molecule has 0 radical (unpaired) electrons. The highest BCUT2D eigenvalue weighted by atomic mass is 16.6. The lowest BCUT2D eigenvalue weighted by atomic mass is 10.1. The maximum atomic E-state index is 9.55. The van der Waals surface area contributed by atoms with Gasteiger partial charge in [-0.25, -0.2) is 0 Å². The van der Waals surface area contributed by atoms with Crippen LogP contribution in [0.4, 0.5) is 0 Å². The Balaban J connectivity index is 1.84. The first-order valence-electron chi connectivity index (χ1n) is 5.79. The highest BCUT2D eigenvalue weighted by Gasteiger charge is 2.47. The van der Waals surface area contributed by atoms with Gasteiger partial charge in [0.15, 0.2) is 0 Å².